The van der Waals surface area contributed by atoms with Gasteiger partial charge >= 0.3 is 0 Å². The minimum atomic E-state index is -0.0859. The highest BCUT2D eigenvalue weighted by Crippen LogP contribution is 2.38. The molecule has 1 fully saturated rings. The Bertz CT molecular complexity index is 720. The first kappa shape index (κ1) is 12.7. The number of aromatic nitrogens is 3. The number of hydrazine groups is 1. The Morgan fingerprint density at radius 2 is 2.35 bits per heavy atom. The summed E-state index contributed by atoms with van der Waals surface area (Å²) in [6.07, 6.45) is 3.88. The smallest absolute Gasteiger partial charge is 0.272 e. The average molecular weight is 274 g/mol. The van der Waals surface area contributed by atoms with E-state index in [2.05, 4.69) is 10.1 Å². The molecule has 0 spiro atoms. The predicted octanol–water partition coefficient (Wildman–Crippen LogP) is 0.396. The first-order chi connectivity index (χ1) is 9.52. The van der Waals surface area contributed by atoms with E-state index in [1.54, 1.807) is 19.2 Å². The zero-order valence-electron chi connectivity index (χ0n) is 11.3. The number of rotatable bonds is 4. The van der Waals surface area contributed by atoms with Crippen LogP contribution in [0.2, 0.25) is 0 Å². The van der Waals surface area contributed by atoms with Gasteiger partial charge < -0.3 is 10.7 Å². The van der Waals surface area contributed by atoms with Crippen molar-refractivity contribution in [1.82, 2.24) is 19.6 Å². The van der Waals surface area contributed by atoms with E-state index in [1.807, 2.05) is 6.07 Å². The molecule has 0 radical (unpaired) electrons. The number of allylic oxidation sites excluding steroid dienone is 1. The first-order valence-electron chi connectivity index (χ1n) is 6.60. The summed E-state index contributed by atoms with van der Waals surface area (Å²) in [7, 11) is 0. The van der Waals surface area contributed by atoms with E-state index < -0.39 is 0 Å². The lowest BCUT2D eigenvalue weighted by Gasteiger charge is -2.12. The maximum absolute atomic E-state index is 12.0. The molecule has 2 aromatic rings. The van der Waals surface area contributed by atoms with E-state index in [9.17, 15) is 4.79 Å². The van der Waals surface area contributed by atoms with Gasteiger partial charge in [-0.3, -0.25) is 9.89 Å². The number of nitrogens with two attached hydrogens (primary N) is 2. The number of nitrogens with one attached hydrogen (secondary N) is 1. The topological polar surface area (TPSA) is 105 Å². The number of nitrogens with zero attached hydrogens (tertiary/aromatic N) is 3. The van der Waals surface area contributed by atoms with Crippen molar-refractivity contribution in [2.75, 3.05) is 0 Å². The van der Waals surface area contributed by atoms with Gasteiger partial charge in [-0.25, -0.2) is 15.3 Å². The zero-order chi connectivity index (χ0) is 14.3. The van der Waals surface area contributed by atoms with Crippen LogP contribution < -0.4 is 17.1 Å². The lowest BCUT2D eigenvalue weighted by atomic mass is 10.3. The monoisotopic (exact) mass is 274 g/mol. The highest BCUT2D eigenvalue weighted by molar-refractivity contribution is 5.40. The second-order valence-corrected chi connectivity index (χ2v) is 5.31. The maximum atomic E-state index is 12.0. The van der Waals surface area contributed by atoms with Crippen LogP contribution in [0.3, 0.4) is 0 Å². The van der Waals surface area contributed by atoms with E-state index in [4.69, 9.17) is 11.6 Å². The molecule has 7 heteroatoms. The van der Waals surface area contributed by atoms with Crippen molar-refractivity contribution in [3.05, 3.63) is 45.8 Å². The Labute approximate surface area is 115 Å². The molecule has 1 saturated carbocycles. The Hall–Kier alpha value is -2.28. The van der Waals surface area contributed by atoms with Crippen LogP contribution in [0.1, 0.15) is 37.1 Å². The van der Waals surface area contributed by atoms with Crippen LogP contribution in [0.15, 0.2) is 28.8 Å². The highest BCUT2D eigenvalue weighted by atomic mass is 16.1. The maximum Gasteiger partial charge on any atom is 0.272 e. The summed E-state index contributed by atoms with van der Waals surface area (Å²) in [5.41, 5.74) is 8.44. The van der Waals surface area contributed by atoms with Gasteiger partial charge in [0.25, 0.3) is 5.56 Å². The number of hydrogen-bond donors (Lipinski definition) is 3. The molecule has 2 heterocycles. The van der Waals surface area contributed by atoms with Gasteiger partial charge in [0.1, 0.15) is 0 Å². The third kappa shape index (κ3) is 2.53. The molecular formula is C13H18N6O. The summed E-state index contributed by atoms with van der Waals surface area (Å²) in [4.78, 5) is 16.5. The lowest BCUT2D eigenvalue weighted by molar-refractivity contribution is 0.377. The molecule has 2 aromatic heterocycles. The second-order valence-electron chi connectivity index (χ2n) is 5.31. The zero-order valence-corrected chi connectivity index (χ0v) is 11.3. The van der Waals surface area contributed by atoms with E-state index >= 15 is 0 Å². The third-order valence-corrected chi connectivity index (χ3v) is 3.24. The molecule has 1 aliphatic rings. The van der Waals surface area contributed by atoms with E-state index in [0.717, 1.165) is 24.2 Å². The standard InChI is InChI=1S/C13H18N6O/c1-8(14)6-18(15)7-10-4-12-16-11(9-2-3-9)5-13(20)19(12)17-10/h4-6,9,17H,2-3,7,14-15H2,1H3/b8-6-. The molecule has 5 N–H and O–H groups in total. The van der Waals surface area contributed by atoms with Crippen molar-refractivity contribution in [3.63, 3.8) is 0 Å². The summed E-state index contributed by atoms with van der Waals surface area (Å²) in [6.45, 7) is 2.19. The van der Waals surface area contributed by atoms with Crippen LogP contribution in [-0.2, 0) is 6.54 Å². The largest absolute Gasteiger partial charge is 0.401 e. The molecule has 0 atom stereocenters. The number of hydrogen-bond acceptors (Lipinski definition) is 5. The quantitative estimate of drug-likeness (QED) is 0.552. The van der Waals surface area contributed by atoms with Gasteiger partial charge in [0.15, 0.2) is 5.65 Å². The van der Waals surface area contributed by atoms with Crippen molar-refractivity contribution < 1.29 is 0 Å². The molecule has 0 unspecified atom stereocenters. The van der Waals surface area contributed by atoms with Crippen LogP contribution in [0.25, 0.3) is 5.65 Å². The fourth-order valence-corrected chi connectivity index (χ4v) is 2.23. The van der Waals surface area contributed by atoms with Crippen LogP contribution in [0, 0.1) is 0 Å². The first-order valence-corrected chi connectivity index (χ1v) is 6.60. The van der Waals surface area contributed by atoms with Gasteiger partial charge in [0.2, 0.25) is 0 Å². The summed E-state index contributed by atoms with van der Waals surface area (Å²) < 4.78 is 1.44. The highest BCUT2D eigenvalue weighted by Gasteiger charge is 2.26. The van der Waals surface area contributed by atoms with Crippen LogP contribution in [0.4, 0.5) is 0 Å². The Morgan fingerprint density at radius 1 is 1.60 bits per heavy atom. The van der Waals surface area contributed by atoms with Crippen LogP contribution in [0.5, 0.6) is 0 Å². The fraction of sp³-hybridized carbons (Fsp3) is 0.385. The van der Waals surface area contributed by atoms with Gasteiger partial charge in [-0.05, 0) is 19.8 Å². The molecule has 1 aliphatic carbocycles. The lowest BCUT2D eigenvalue weighted by Crippen LogP contribution is -2.26. The molecular weight excluding hydrogens is 256 g/mol. The SMILES string of the molecule is C/C(N)=C/N(N)Cc1cc2nc(C3CC3)cc(=O)n2[nH]1. The fourth-order valence-electron chi connectivity index (χ4n) is 2.23. The Balaban J connectivity index is 1.92. The Kier molecular flexibility index (Phi) is 2.98. The molecule has 0 aliphatic heterocycles. The number of H-pyrrole nitrogens is 1. The molecule has 0 amide bonds. The molecule has 106 valence electrons. The number of aromatic amines is 1. The van der Waals surface area contributed by atoms with Crippen LogP contribution >= 0.6 is 0 Å². The van der Waals surface area contributed by atoms with Crippen molar-refractivity contribution in [3.8, 4) is 0 Å². The summed E-state index contributed by atoms with van der Waals surface area (Å²) in [5.74, 6) is 6.26. The summed E-state index contributed by atoms with van der Waals surface area (Å²) in [5, 5.41) is 4.47. The summed E-state index contributed by atoms with van der Waals surface area (Å²) in [6, 6.07) is 3.45. The van der Waals surface area contributed by atoms with E-state index in [1.165, 1.54) is 9.52 Å². The number of fused-ring (bicyclic) bond motifs is 1. The molecule has 7 nitrogen and oxygen atoms in total. The molecule has 0 saturated heterocycles. The Morgan fingerprint density at radius 3 is 3.00 bits per heavy atom. The van der Waals surface area contributed by atoms with Gasteiger partial charge in [0, 0.05) is 29.9 Å². The van der Waals surface area contributed by atoms with Crippen molar-refractivity contribution in [2.24, 2.45) is 11.6 Å². The van der Waals surface area contributed by atoms with E-state index in [-0.39, 0.29) is 5.56 Å². The second kappa shape index (κ2) is 4.68. The summed E-state index contributed by atoms with van der Waals surface area (Å²) >= 11 is 0. The van der Waals surface area contributed by atoms with Crippen molar-refractivity contribution in [1.29, 1.82) is 0 Å². The molecule has 0 aromatic carbocycles. The minimum Gasteiger partial charge on any atom is -0.401 e. The minimum absolute atomic E-state index is 0.0859. The van der Waals surface area contributed by atoms with Gasteiger partial charge in [0.05, 0.1) is 17.9 Å². The molecule has 3 rings (SSSR count). The predicted molar refractivity (Wildman–Crippen MR) is 75.5 cm³/mol. The molecule has 0 bridgehead atoms. The van der Waals surface area contributed by atoms with Gasteiger partial charge in [-0.1, -0.05) is 0 Å². The van der Waals surface area contributed by atoms with Crippen molar-refractivity contribution >= 4 is 5.65 Å². The normalized spacial score (nSPS) is 15.8. The van der Waals surface area contributed by atoms with Crippen molar-refractivity contribution in [2.45, 2.75) is 32.2 Å². The van der Waals surface area contributed by atoms with E-state index in [0.29, 0.717) is 23.8 Å². The van der Waals surface area contributed by atoms with Crippen LogP contribution in [-0.4, -0.2) is 19.6 Å². The average Bonchev–Trinajstić information content (AvgIpc) is 3.10. The van der Waals surface area contributed by atoms with Gasteiger partial charge in [-0.2, -0.15) is 0 Å². The van der Waals surface area contributed by atoms with Gasteiger partial charge in [-0.15, -0.1) is 0 Å². The molecule has 20 heavy (non-hydrogen) atoms. The third-order valence-electron chi connectivity index (χ3n) is 3.24.